The van der Waals surface area contributed by atoms with Crippen molar-refractivity contribution in [2.24, 2.45) is 0 Å². The number of carbonyl (C=O) groups is 3. The molecule has 1 saturated heterocycles. The quantitative estimate of drug-likeness (QED) is 0.729. The first-order valence-electron chi connectivity index (χ1n) is 9.09. The van der Waals surface area contributed by atoms with Gasteiger partial charge >= 0.3 is 6.03 Å². The van der Waals surface area contributed by atoms with Crippen LogP contribution in [0.3, 0.4) is 0 Å². The van der Waals surface area contributed by atoms with Crippen molar-refractivity contribution in [2.45, 2.75) is 32.4 Å². The third-order valence-electron chi connectivity index (χ3n) is 4.73. The van der Waals surface area contributed by atoms with Crippen LogP contribution in [0.25, 0.3) is 0 Å². The SMILES string of the molecule is COc1cccc([C@@]2(C)NC(=O)N(NC(=O)[C@@H](C)Oc3cccc(C)c3)C2=O)c1. The molecule has 3 rings (SSSR count). The van der Waals surface area contributed by atoms with Crippen LogP contribution in [-0.4, -0.2) is 36.1 Å². The van der Waals surface area contributed by atoms with E-state index in [1.807, 2.05) is 19.1 Å². The lowest BCUT2D eigenvalue weighted by Gasteiger charge is -2.23. The zero-order chi connectivity index (χ0) is 21.2. The molecule has 0 saturated carbocycles. The van der Waals surface area contributed by atoms with Gasteiger partial charge in [0.2, 0.25) is 0 Å². The lowest BCUT2D eigenvalue weighted by atomic mass is 9.92. The van der Waals surface area contributed by atoms with E-state index in [4.69, 9.17) is 9.47 Å². The van der Waals surface area contributed by atoms with Crippen molar-refractivity contribution in [2.75, 3.05) is 7.11 Å². The number of hydrazine groups is 1. The van der Waals surface area contributed by atoms with Crippen LogP contribution >= 0.6 is 0 Å². The Hall–Kier alpha value is -3.55. The van der Waals surface area contributed by atoms with Crippen LogP contribution in [-0.2, 0) is 15.1 Å². The van der Waals surface area contributed by atoms with Gasteiger partial charge in [0.15, 0.2) is 6.10 Å². The minimum Gasteiger partial charge on any atom is -0.497 e. The molecule has 1 heterocycles. The molecule has 2 aromatic rings. The molecule has 2 aromatic carbocycles. The summed E-state index contributed by atoms with van der Waals surface area (Å²) in [6, 6.07) is 13.3. The molecule has 2 N–H and O–H groups in total. The lowest BCUT2D eigenvalue weighted by molar-refractivity contribution is -0.141. The van der Waals surface area contributed by atoms with Crippen LogP contribution < -0.4 is 20.2 Å². The molecule has 8 heteroatoms. The molecule has 0 unspecified atom stereocenters. The molecule has 0 spiro atoms. The summed E-state index contributed by atoms with van der Waals surface area (Å²) in [5, 5.41) is 3.30. The van der Waals surface area contributed by atoms with Gasteiger partial charge in [-0.25, -0.2) is 4.79 Å². The summed E-state index contributed by atoms with van der Waals surface area (Å²) in [6.07, 6.45) is -0.916. The fourth-order valence-corrected chi connectivity index (χ4v) is 3.02. The van der Waals surface area contributed by atoms with E-state index in [1.165, 1.54) is 14.0 Å². The maximum Gasteiger partial charge on any atom is 0.344 e. The molecule has 8 nitrogen and oxygen atoms in total. The summed E-state index contributed by atoms with van der Waals surface area (Å²) >= 11 is 0. The average molecular weight is 397 g/mol. The number of amides is 4. The largest absolute Gasteiger partial charge is 0.497 e. The highest BCUT2D eigenvalue weighted by molar-refractivity contribution is 6.08. The van der Waals surface area contributed by atoms with Gasteiger partial charge in [0.25, 0.3) is 11.8 Å². The zero-order valence-corrected chi connectivity index (χ0v) is 16.7. The van der Waals surface area contributed by atoms with Crippen LogP contribution in [0.15, 0.2) is 48.5 Å². The van der Waals surface area contributed by atoms with E-state index >= 15 is 0 Å². The van der Waals surface area contributed by atoms with E-state index in [0.29, 0.717) is 22.1 Å². The number of hydrogen-bond donors (Lipinski definition) is 2. The van der Waals surface area contributed by atoms with Gasteiger partial charge in [-0.3, -0.25) is 15.0 Å². The predicted molar refractivity (Wildman–Crippen MR) is 105 cm³/mol. The normalized spacial score (nSPS) is 19.5. The molecule has 29 heavy (non-hydrogen) atoms. The monoisotopic (exact) mass is 397 g/mol. The predicted octanol–water partition coefficient (Wildman–Crippen LogP) is 2.27. The maximum absolute atomic E-state index is 12.9. The fourth-order valence-electron chi connectivity index (χ4n) is 3.02. The molecular formula is C21H23N3O5. The summed E-state index contributed by atoms with van der Waals surface area (Å²) in [5.74, 6) is -0.156. The van der Waals surface area contributed by atoms with Gasteiger partial charge in [0.05, 0.1) is 7.11 Å². The van der Waals surface area contributed by atoms with Crippen LogP contribution in [0.2, 0.25) is 0 Å². The fraction of sp³-hybridized carbons (Fsp3) is 0.286. The average Bonchev–Trinajstić information content (AvgIpc) is 2.92. The molecule has 0 aliphatic carbocycles. The van der Waals surface area contributed by atoms with Gasteiger partial charge < -0.3 is 14.8 Å². The van der Waals surface area contributed by atoms with Gasteiger partial charge in [-0.2, -0.15) is 5.01 Å². The Kier molecular flexibility index (Phi) is 5.45. The van der Waals surface area contributed by atoms with E-state index in [-0.39, 0.29) is 0 Å². The summed E-state index contributed by atoms with van der Waals surface area (Å²) in [6.45, 7) is 5.02. The number of hydrogen-bond acceptors (Lipinski definition) is 5. The molecule has 1 aliphatic heterocycles. The minimum atomic E-state index is -1.33. The van der Waals surface area contributed by atoms with Crippen molar-refractivity contribution in [3.8, 4) is 11.5 Å². The van der Waals surface area contributed by atoms with Gasteiger partial charge in [0, 0.05) is 0 Å². The lowest BCUT2D eigenvalue weighted by Crippen LogP contribution is -2.51. The number of nitrogens with one attached hydrogen (secondary N) is 2. The molecule has 2 atom stereocenters. The second-order valence-corrected chi connectivity index (χ2v) is 6.98. The van der Waals surface area contributed by atoms with Gasteiger partial charge in [-0.1, -0.05) is 24.3 Å². The molecule has 1 aliphatic rings. The highest BCUT2D eigenvalue weighted by atomic mass is 16.5. The van der Waals surface area contributed by atoms with Crippen molar-refractivity contribution in [3.05, 3.63) is 59.7 Å². The van der Waals surface area contributed by atoms with Crippen molar-refractivity contribution in [1.29, 1.82) is 0 Å². The third kappa shape index (κ3) is 4.01. The smallest absolute Gasteiger partial charge is 0.344 e. The standard InChI is InChI=1S/C21H23N3O5/c1-13-7-5-10-17(11-13)29-14(2)18(25)23-24-19(26)21(3,22-20(24)27)15-8-6-9-16(12-15)28-4/h5-12,14H,1-4H3,(H,22,27)(H,23,25)/t14-,21-/m1/s1. The van der Waals surface area contributed by atoms with Crippen molar-refractivity contribution in [3.63, 3.8) is 0 Å². The van der Waals surface area contributed by atoms with Crippen LogP contribution in [0.1, 0.15) is 25.0 Å². The zero-order valence-electron chi connectivity index (χ0n) is 16.7. The second kappa shape index (κ2) is 7.83. The highest BCUT2D eigenvalue weighted by Gasteiger charge is 2.50. The van der Waals surface area contributed by atoms with Crippen LogP contribution in [0, 0.1) is 6.92 Å². The van der Waals surface area contributed by atoms with Crippen LogP contribution in [0.4, 0.5) is 4.79 Å². The highest BCUT2D eigenvalue weighted by Crippen LogP contribution is 2.30. The first-order valence-corrected chi connectivity index (χ1v) is 9.09. The Labute approximate surface area is 168 Å². The number of rotatable bonds is 6. The summed E-state index contributed by atoms with van der Waals surface area (Å²) in [5.41, 5.74) is 2.53. The second-order valence-electron chi connectivity index (χ2n) is 6.98. The number of urea groups is 1. The summed E-state index contributed by atoms with van der Waals surface area (Å²) < 4.78 is 10.8. The Morgan fingerprint density at radius 1 is 1.14 bits per heavy atom. The number of imide groups is 1. The Balaban J connectivity index is 1.73. The molecule has 1 fully saturated rings. The number of methoxy groups -OCH3 is 1. The Morgan fingerprint density at radius 3 is 2.52 bits per heavy atom. The topological polar surface area (TPSA) is 97.0 Å². The van der Waals surface area contributed by atoms with E-state index in [2.05, 4.69) is 10.7 Å². The van der Waals surface area contributed by atoms with Gasteiger partial charge in [-0.05, 0) is 56.2 Å². The first-order chi connectivity index (χ1) is 13.7. The van der Waals surface area contributed by atoms with Gasteiger partial charge in [0.1, 0.15) is 17.0 Å². The molecule has 152 valence electrons. The molecular weight excluding hydrogens is 374 g/mol. The van der Waals surface area contributed by atoms with Gasteiger partial charge in [-0.15, -0.1) is 0 Å². The number of nitrogens with zero attached hydrogens (tertiary/aromatic N) is 1. The Bertz CT molecular complexity index is 961. The van der Waals surface area contributed by atoms with Crippen LogP contribution in [0.5, 0.6) is 11.5 Å². The molecule has 0 aromatic heterocycles. The summed E-state index contributed by atoms with van der Waals surface area (Å²) in [7, 11) is 1.51. The molecule has 0 radical (unpaired) electrons. The van der Waals surface area contributed by atoms with E-state index in [0.717, 1.165) is 5.56 Å². The molecule has 4 amide bonds. The first kappa shape index (κ1) is 20.2. The summed E-state index contributed by atoms with van der Waals surface area (Å²) in [4.78, 5) is 37.8. The maximum atomic E-state index is 12.9. The van der Waals surface area contributed by atoms with Crippen molar-refractivity contribution in [1.82, 2.24) is 15.8 Å². The van der Waals surface area contributed by atoms with Crippen molar-refractivity contribution >= 4 is 17.8 Å². The third-order valence-corrected chi connectivity index (χ3v) is 4.73. The minimum absolute atomic E-state index is 0.520. The van der Waals surface area contributed by atoms with E-state index in [9.17, 15) is 14.4 Å². The van der Waals surface area contributed by atoms with E-state index in [1.54, 1.807) is 43.3 Å². The van der Waals surface area contributed by atoms with Crippen molar-refractivity contribution < 1.29 is 23.9 Å². The Morgan fingerprint density at radius 2 is 1.83 bits per heavy atom. The number of ether oxygens (including phenoxy) is 2. The number of carbonyl (C=O) groups excluding carboxylic acids is 3. The number of benzene rings is 2. The van der Waals surface area contributed by atoms with E-state index < -0.39 is 29.5 Å². The molecule has 0 bridgehead atoms. The number of aryl methyl sites for hydroxylation is 1.